The van der Waals surface area contributed by atoms with Crippen LogP contribution in [-0.4, -0.2) is 6.18 Å². The SMILES string of the molecule is CC/C=C\C(C#N)=C(/C)C(F)(F)F. The summed E-state index contributed by atoms with van der Waals surface area (Å²) in [6.07, 6.45) is -1.09. The lowest BCUT2D eigenvalue weighted by molar-refractivity contribution is -0.0917. The van der Waals surface area contributed by atoms with Crippen molar-refractivity contribution < 1.29 is 13.2 Å². The molecule has 0 rings (SSSR count). The standard InChI is InChI=1S/C9H10F3N/c1-3-4-5-8(6-13)7(2)9(10,11)12/h4-5H,3H2,1-2H3/b5-4-,8-7-. The Bertz CT molecular complexity index is 266. The van der Waals surface area contributed by atoms with E-state index in [4.69, 9.17) is 5.26 Å². The van der Waals surface area contributed by atoms with Gasteiger partial charge < -0.3 is 0 Å². The lowest BCUT2D eigenvalue weighted by Crippen LogP contribution is -2.10. The van der Waals surface area contributed by atoms with Gasteiger partial charge in [0.05, 0.1) is 11.6 Å². The molecule has 0 aromatic rings. The van der Waals surface area contributed by atoms with E-state index >= 15 is 0 Å². The third-order valence-electron chi connectivity index (χ3n) is 1.47. The maximum absolute atomic E-state index is 12.1. The third kappa shape index (κ3) is 3.79. The number of alkyl halides is 3. The maximum Gasteiger partial charge on any atom is 0.413 e. The number of rotatable bonds is 2. The summed E-state index contributed by atoms with van der Waals surface area (Å²) in [4.78, 5) is 0. The number of nitrogens with zero attached hydrogens (tertiary/aromatic N) is 1. The first-order valence-corrected chi connectivity index (χ1v) is 3.78. The summed E-state index contributed by atoms with van der Waals surface area (Å²) < 4.78 is 36.2. The minimum atomic E-state index is -4.41. The second-order valence-corrected chi connectivity index (χ2v) is 2.46. The summed E-state index contributed by atoms with van der Waals surface area (Å²) in [6.45, 7) is 2.69. The average molecular weight is 189 g/mol. The minimum absolute atomic E-state index is 0.325. The number of hydrogen-bond donors (Lipinski definition) is 0. The Kier molecular flexibility index (Phi) is 4.26. The molecule has 0 heterocycles. The maximum atomic E-state index is 12.1. The number of halogens is 3. The summed E-state index contributed by atoms with van der Waals surface area (Å²) in [5, 5.41) is 8.43. The van der Waals surface area contributed by atoms with Gasteiger partial charge in [-0.25, -0.2) is 0 Å². The van der Waals surface area contributed by atoms with Gasteiger partial charge in [-0.1, -0.05) is 13.0 Å². The van der Waals surface area contributed by atoms with Crippen LogP contribution in [0.4, 0.5) is 13.2 Å². The van der Waals surface area contributed by atoms with E-state index in [1.165, 1.54) is 18.2 Å². The van der Waals surface area contributed by atoms with E-state index in [2.05, 4.69) is 0 Å². The molecule has 0 radical (unpaired) electrons. The first kappa shape index (κ1) is 11.8. The van der Waals surface area contributed by atoms with Crippen LogP contribution in [-0.2, 0) is 0 Å². The molecule has 0 N–H and O–H groups in total. The van der Waals surface area contributed by atoms with Crippen LogP contribution in [0.3, 0.4) is 0 Å². The van der Waals surface area contributed by atoms with Crippen molar-refractivity contribution >= 4 is 0 Å². The fourth-order valence-electron chi connectivity index (χ4n) is 0.635. The third-order valence-corrected chi connectivity index (χ3v) is 1.47. The zero-order valence-electron chi connectivity index (χ0n) is 7.44. The zero-order valence-corrected chi connectivity index (χ0v) is 7.44. The van der Waals surface area contributed by atoms with Crippen LogP contribution in [0, 0.1) is 11.3 Å². The number of nitriles is 1. The smallest absolute Gasteiger partial charge is 0.192 e. The zero-order chi connectivity index (χ0) is 10.5. The van der Waals surface area contributed by atoms with Crippen molar-refractivity contribution in [3.05, 3.63) is 23.3 Å². The molecule has 0 spiro atoms. The molecule has 0 saturated carbocycles. The van der Waals surface area contributed by atoms with Gasteiger partial charge in [-0.05, 0) is 19.4 Å². The molecule has 0 aliphatic carbocycles. The summed E-state index contributed by atoms with van der Waals surface area (Å²) in [7, 11) is 0. The molecular weight excluding hydrogens is 179 g/mol. The Morgan fingerprint density at radius 3 is 2.31 bits per heavy atom. The Morgan fingerprint density at radius 2 is 2.00 bits per heavy atom. The largest absolute Gasteiger partial charge is 0.413 e. The number of hydrogen-bond acceptors (Lipinski definition) is 1. The van der Waals surface area contributed by atoms with Gasteiger partial charge in [0.1, 0.15) is 0 Å². The van der Waals surface area contributed by atoms with Crippen LogP contribution < -0.4 is 0 Å². The first-order chi connectivity index (χ1) is 5.93. The highest BCUT2D eigenvalue weighted by molar-refractivity contribution is 5.38. The molecule has 0 atom stereocenters. The van der Waals surface area contributed by atoms with Crippen LogP contribution in [0.15, 0.2) is 23.3 Å². The van der Waals surface area contributed by atoms with Gasteiger partial charge in [-0.15, -0.1) is 0 Å². The van der Waals surface area contributed by atoms with E-state index in [9.17, 15) is 13.2 Å². The summed E-state index contributed by atoms with van der Waals surface area (Å²) in [6, 6.07) is 1.52. The predicted octanol–water partition coefficient (Wildman–Crippen LogP) is 3.35. The van der Waals surface area contributed by atoms with Crippen molar-refractivity contribution in [1.82, 2.24) is 0 Å². The quantitative estimate of drug-likeness (QED) is 0.482. The summed E-state index contributed by atoms with van der Waals surface area (Å²) >= 11 is 0. The van der Waals surface area contributed by atoms with E-state index in [1.807, 2.05) is 0 Å². The van der Waals surface area contributed by atoms with Crippen molar-refractivity contribution in [3.63, 3.8) is 0 Å². The molecule has 0 fully saturated rings. The van der Waals surface area contributed by atoms with Crippen molar-refractivity contribution in [1.29, 1.82) is 5.26 Å². The normalized spacial score (nSPS) is 14.2. The molecule has 72 valence electrons. The second-order valence-electron chi connectivity index (χ2n) is 2.46. The highest BCUT2D eigenvalue weighted by Gasteiger charge is 2.32. The Hall–Kier alpha value is -1.24. The van der Waals surface area contributed by atoms with Gasteiger partial charge in [0.25, 0.3) is 0 Å². The van der Waals surface area contributed by atoms with Crippen LogP contribution in [0.25, 0.3) is 0 Å². The van der Waals surface area contributed by atoms with Gasteiger partial charge in [-0.2, -0.15) is 18.4 Å². The molecule has 0 bridgehead atoms. The fraction of sp³-hybridized carbons (Fsp3) is 0.444. The molecule has 0 unspecified atom stereocenters. The van der Waals surface area contributed by atoms with E-state index in [0.717, 1.165) is 6.92 Å². The highest BCUT2D eigenvalue weighted by Crippen LogP contribution is 2.27. The van der Waals surface area contributed by atoms with E-state index in [1.54, 1.807) is 6.92 Å². The van der Waals surface area contributed by atoms with Gasteiger partial charge in [0, 0.05) is 5.57 Å². The van der Waals surface area contributed by atoms with Crippen LogP contribution in [0.2, 0.25) is 0 Å². The molecule has 0 aromatic carbocycles. The summed E-state index contributed by atoms with van der Waals surface area (Å²) in [5.41, 5.74) is -1.17. The Labute approximate surface area is 75.2 Å². The van der Waals surface area contributed by atoms with Crippen LogP contribution in [0.1, 0.15) is 20.3 Å². The van der Waals surface area contributed by atoms with Crippen LogP contribution in [0.5, 0.6) is 0 Å². The molecule has 0 saturated heterocycles. The van der Waals surface area contributed by atoms with E-state index < -0.39 is 11.7 Å². The van der Waals surface area contributed by atoms with Gasteiger partial charge >= 0.3 is 6.18 Å². The molecular formula is C9H10F3N. The lowest BCUT2D eigenvalue weighted by Gasteiger charge is -2.06. The second kappa shape index (κ2) is 4.70. The molecule has 13 heavy (non-hydrogen) atoms. The Morgan fingerprint density at radius 1 is 1.46 bits per heavy atom. The van der Waals surface area contributed by atoms with Crippen LogP contribution >= 0.6 is 0 Å². The summed E-state index contributed by atoms with van der Waals surface area (Å²) in [5.74, 6) is 0. The molecule has 0 aromatic heterocycles. The van der Waals surface area contributed by atoms with Gasteiger partial charge in [0.15, 0.2) is 0 Å². The van der Waals surface area contributed by atoms with Gasteiger partial charge in [-0.3, -0.25) is 0 Å². The topological polar surface area (TPSA) is 23.8 Å². The Balaban J connectivity index is 4.95. The molecule has 1 nitrogen and oxygen atoms in total. The first-order valence-electron chi connectivity index (χ1n) is 3.78. The van der Waals surface area contributed by atoms with Gasteiger partial charge in [0.2, 0.25) is 0 Å². The van der Waals surface area contributed by atoms with E-state index in [-0.39, 0.29) is 5.57 Å². The molecule has 0 aliphatic rings. The minimum Gasteiger partial charge on any atom is -0.192 e. The monoisotopic (exact) mass is 189 g/mol. The fourth-order valence-corrected chi connectivity index (χ4v) is 0.635. The van der Waals surface area contributed by atoms with Crippen molar-refractivity contribution in [2.45, 2.75) is 26.4 Å². The number of allylic oxidation sites excluding steroid dienone is 4. The molecule has 4 heteroatoms. The lowest BCUT2D eigenvalue weighted by atomic mass is 10.1. The molecule has 0 aliphatic heterocycles. The van der Waals surface area contributed by atoms with Crippen molar-refractivity contribution in [3.8, 4) is 6.07 Å². The van der Waals surface area contributed by atoms with Crippen molar-refractivity contribution in [2.75, 3.05) is 0 Å². The van der Waals surface area contributed by atoms with Crippen molar-refractivity contribution in [2.24, 2.45) is 0 Å². The molecule has 0 amide bonds. The van der Waals surface area contributed by atoms with E-state index in [0.29, 0.717) is 6.42 Å². The highest BCUT2D eigenvalue weighted by atomic mass is 19.4. The predicted molar refractivity (Wildman–Crippen MR) is 43.8 cm³/mol. The average Bonchev–Trinajstić information content (AvgIpc) is 2.04.